The fraction of sp³-hybridized carbons (Fsp3) is 0.500. The number of carbonyl (C=O) groups is 1. The first-order chi connectivity index (χ1) is 9.60. The second-order valence-electron chi connectivity index (χ2n) is 5.32. The number of benzene rings is 1. The molecule has 0 aromatic heterocycles. The molecule has 1 aromatic rings. The molecule has 0 aliphatic heterocycles. The van der Waals surface area contributed by atoms with E-state index < -0.39 is 16.5 Å². The fourth-order valence-corrected chi connectivity index (χ4v) is 2.03. The summed E-state index contributed by atoms with van der Waals surface area (Å²) in [5, 5.41) is 0. The summed E-state index contributed by atoms with van der Waals surface area (Å²) in [4.78, 5) is 11.7. The van der Waals surface area contributed by atoms with Gasteiger partial charge in [0.1, 0.15) is 11.9 Å². The maximum Gasteiger partial charge on any atom is 0.308 e. The molecule has 0 N–H and O–H groups in total. The maximum atomic E-state index is 11.7. The Hall–Kier alpha value is -1.60. The molecule has 0 saturated heterocycles. The zero-order chi connectivity index (χ0) is 16.2. The van der Waals surface area contributed by atoms with Crippen molar-refractivity contribution in [2.75, 3.05) is 0 Å². The highest BCUT2D eigenvalue weighted by Crippen LogP contribution is 2.28. The van der Waals surface area contributed by atoms with Gasteiger partial charge in [0.15, 0.2) is 0 Å². The molecule has 0 spiro atoms. The quantitative estimate of drug-likeness (QED) is 0.455. The van der Waals surface area contributed by atoms with Crippen molar-refractivity contribution in [3.63, 3.8) is 0 Å². The summed E-state index contributed by atoms with van der Waals surface area (Å²) in [5.41, 5.74) is 0.703. The number of ether oxygens (including phenoxy) is 1. The van der Waals surface area contributed by atoms with E-state index in [1.54, 1.807) is 26.0 Å². The van der Waals surface area contributed by atoms with E-state index in [-0.39, 0.29) is 23.6 Å². The Bertz CT molecular complexity index is 574. The van der Waals surface area contributed by atoms with E-state index in [0.29, 0.717) is 5.56 Å². The molecule has 0 amide bonds. The number of rotatable bonds is 6. The van der Waals surface area contributed by atoms with Gasteiger partial charge in [0.25, 0.3) is 10.4 Å². The van der Waals surface area contributed by atoms with Crippen LogP contribution in [0.4, 0.5) is 0 Å². The minimum atomic E-state index is -4.79. The summed E-state index contributed by atoms with van der Waals surface area (Å²) in [7, 11) is -4.79. The normalized spacial score (nSPS) is 13.3. The molecular formula is C14H19O6S-. The highest BCUT2D eigenvalue weighted by molar-refractivity contribution is 7.81. The maximum absolute atomic E-state index is 11.7. The average Bonchev–Trinajstić information content (AvgIpc) is 2.34. The SMILES string of the molecule is CC(C)C(=O)OC(c1ccc(OS(=O)(=O)[O-])cc1)C(C)C. The Kier molecular flexibility index (Phi) is 5.74. The van der Waals surface area contributed by atoms with Gasteiger partial charge in [-0.1, -0.05) is 39.8 Å². The zero-order valence-corrected chi connectivity index (χ0v) is 13.2. The van der Waals surface area contributed by atoms with Crippen LogP contribution >= 0.6 is 0 Å². The summed E-state index contributed by atoms with van der Waals surface area (Å²) in [6.45, 7) is 7.31. The van der Waals surface area contributed by atoms with Crippen LogP contribution in [0, 0.1) is 11.8 Å². The summed E-state index contributed by atoms with van der Waals surface area (Å²) in [5.74, 6) is -0.579. The second-order valence-corrected chi connectivity index (χ2v) is 6.30. The lowest BCUT2D eigenvalue weighted by Gasteiger charge is -2.23. The molecule has 1 atom stereocenters. The van der Waals surface area contributed by atoms with E-state index in [0.717, 1.165) is 0 Å². The highest BCUT2D eigenvalue weighted by Gasteiger charge is 2.22. The zero-order valence-electron chi connectivity index (χ0n) is 12.4. The minimum absolute atomic E-state index is 0.0442. The Morgan fingerprint density at radius 1 is 1.10 bits per heavy atom. The van der Waals surface area contributed by atoms with Gasteiger partial charge < -0.3 is 13.5 Å². The van der Waals surface area contributed by atoms with Crippen molar-refractivity contribution in [1.29, 1.82) is 0 Å². The van der Waals surface area contributed by atoms with Crippen LogP contribution in [0.15, 0.2) is 24.3 Å². The van der Waals surface area contributed by atoms with E-state index in [4.69, 9.17) is 4.74 Å². The van der Waals surface area contributed by atoms with E-state index in [1.165, 1.54) is 12.1 Å². The van der Waals surface area contributed by atoms with Crippen LogP contribution in [-0.4, -0.2) is 18.9 Å². The second kappa shape index (κ2) is 6.91. The lowest BCUT2D eigenvalue weighted by atomic mass is 9.98. The summed E-state index contributed by atoms with van der Waals surface area (Å²) in [6, 6.07) is 5.84. The molecular weight excluding hydrogens is 296 g/mol. The predicted octanol–water partition coefficient (Wildman–Crippen LogP) is 2.42. The number of hydrogen-bond acceptors (Lipinski definition) is 6. The van der Waals surface area contributed by atoms with Gasteiger partial charge in [-0.05, 0) is 23.6 Å². The molecule has 0 saturated carbocycles. The van der Waals surface area contributed by atoms with Crippen LogP contribution in [0.1, 0.15) is 39.4 Å². The third kappa shape index (κ3) is 5.73. The fourth-order valence-electron chi connectivity index (χ4n) is 1.68. The minimum Gasteiger partial charge on any atom is -0.716 e. The van der Waals surface area contributed by atoms with Gasteiger partial charge in [0.05, 0.1) is 5.92 Å². The smallest absolute Gasteiger partial charge is 0.308 e. The van der Waals surface area contributed by atoms with Crippen LogP contribution in [0.2, 0.25) is 0 Å². The molecule has 1 rings (SSSR count). The van der Waals surface area contributed by atoms with Gasteiger partial charge in [-0.2, -0.15) is 0 Å². The molecule has 0 aliphatic carbocycles. The van der Waals surface area contributed by atoms with Gasteiger partial charge in [-0.15, -0.1) is 0 Å². The van der Waals surface area contributed by atoms with E-state index in [9.17, 15) is 17.8 Å². The monoisotopic (exact) mass is 315 g/mol. The van der Waals surface area contributed by atoms with Gasteiger partial charge in [0.2, 0.25) is 0 Å². The van der Waals surface area contributed by atoms with Crippen LogP contribution in [-0.2, 0) is 19.9 Å². The lowest BCUT2D eigenvalue weighted by Crippen LogP contribution is -2.19. The molecule has 0 radical (unpaired) electrons. The Balaban J connectivity index is 2.92. The van der Waals surface area contributed by atoms with Crippen molar-refractivity contribution in [3.8, 4) is 5.75 Å². The van der Waals surface area contributed by atoms with E-state index in [1.807, 2.05) is 13.8 Å². The van der Waals surface area contributed by atoms with Crippen molar-refractivity contribution in [2.24, 2.45) is 11.8 Å². The third-order valence-corrected chi connectivity index (χ3v) is 3.12. The van der Waals surface area contributed by atoms with Gasteiger partial charge >= 0.3 is 5.97 Å². The lowest BCUT2D eigenvalue weighted by molar-refractivity contribution is -0.155. The highest BCUT2D eigenvalue weighted by atomic mass is 32.3. The van der Waals surface area contributed by atoms with Crippen molar-refractivity contribution < 1.29 is 26.7 Å². The molecule has 0 aliphatic rings. The first-order valence-corrected chi connectivity index (χ1v) is 7.89. The molecule has 118 valence electrons. The van der Waals surface area contributed by atoms with Crippen molar-refractivity contribution in [2.45, 2.75) is 33.8 Å². The van der Waals surface area contributed by atoms with Crippen molar-refractivity contribution >= 4 is 16.4 Å². The average molecular weight is 315 g/mol. The van der Waals surface area contributed by atoms with Gasteiger partial charge in [0, 0.05) is 0 Å². The topological polar surface area (TPSA) is 92.7 Å². The molecule has 0 heterocycles. The Morgan fingerprint density at radius 3 is 2.00 bits per heavy atom. The molecule has 7 heteroatoms. The van der Waals surface area contributed by atoms with Crippen molar-refractivity contribution in [3.05, 3.63) is 29.8 Å². The Labute approximate surface area is 125 Å². The predicted molar refractivity (Wildman–Crippen MR) is 75.3 cm³/mol. The van der Waals surface area contributed by atoms with Crippen LogP contribution < -0.4 is 4.18 Å². The standard InChI is InChI=1S/C14H20O6S/c1-9(2)13(19-14(15)10(3)4)11-5-7-12(8-6-11)20-21(16,17)18/h5-10,13H,1-4H3,(H,16,17,18)/p-1. The summed E-state index contributed by atoms with van der Waals surface area (Å²) < 4.78 is 41.2. The van der Waals surface area contributed by atoms with E-state index >= 15 is 0 Å². The molecule has 0 fully saturated rings. The third-order valence-electron chi connectivity index (χ3n) is 2.73. The number of hydrogen-bond donors (Lipinski definition) is 0. The van der Waals surface area contributed by atoms with Gasteiger partial charge in [-0.3, -0.25) is 4.79 Å². The van der Waals surface area contributed by atoms with Crippen molar-refractivity contribution in [1.82, 2.24) is 0 Å². The van der Waals surface area contributed by atoms with Crippen LogP contribution in [0.3, 0.4) is 0 Å². The molecule has 1 unspecified atom stereocenters. The summed E-state index contributed by atoms with van der Waals surface area (Å²) >= 11 is 0. The van der Waals surface area contributed by atoms with E-state index in [2.05, 4.69) is 4.18 Å². The number of esters is 1. The number of carbonyl (C=O) groups excluding carboxylic acids is 1. The van der Waals surface area contributed by atoms with Gasteiger partial charge in [-0.25, -0.2) is 8.42 Å². The summed E-state index contributed by atoms with van der Waals surface area (Å²) in [6.07, 6.45) is -0.446. The first kappa shape index (κ1) is 17.5. The Morgan fingerprint density at radius 2 is 1.62 bits per heavy atom. The molecule has 1 aromatic carbocycles. The largest absolute Gasteiger partial charge is 0.716 e. The molecule has 21 heavy (non-hydrogen) atoms. The van der Waals surface area contributed by atoms with Crippen LogP contribution in [0.25, 0.3) is 0 Å². The molecule has 6 nitrogen and oxygen atoms in total. The van der Waals surface area contributed by atoms with Crippen LogP contribution in [0.5, 0.6) is 5.75 Å². The first-order valence-electron chi connectivity index (χ1n) is 6.56. The molecule has 0 bridgehead atoms.